The van der Waals surface area contributed by atoms with Crippen molar-refractivity contribution in [3.63, 3.8) is 0 Å². The van der Waals surface area contributed by atoms with Gasteiger partial charge in [-0.3, -0.25) is 9.48 Å². The summed E-state index contributed by atoms with van der Waals surface area (Å²) in [6.07, 6.45) is 0. The number of aryl methyl sites for hydroxylation is 2. The third kappa shape index (κ3) is 1.72. The lowest BCUT2D eigenvalue weighted by Gasteiger charge is -2.30. The number of hydrogen-bond donors (Lipinski definition) is 2. The number of nitrogens with zero attached hydrogens (tertiary/aromatic N) is 3. The Hall–Kier alpha value is -2.50. The zero-order chi connectivity index (χ0) is 13.6. The summed E-state index contributed by atoms with van der Waals surface area (Å²) in [4.78, 5) is 13.7. The SMILES string of the molecule is Cc1nn(C)c(N2CC(=O)Nc3ccccc32)c1N. The highest BCUT2D eigenvalue weighted by atomic mass is 16.2. The lowest BCUT2D eigenvalue weighted by atomic mass is 10.2. The lowest BCUT2D eigenvalue weighted by Crippen LogP contribution is -2.36. The van der Waals surface area contributed by atoms with Crippen LogP contribution in [0.15, 0.2) is 24.3 Å². The topological polar surface area (TPSA) is 76.2 Å². The number of fused-ring (bicyclic) bond motifs is 1. The number of nitrogens with two attached hydrogens (primary N) is 1. The molecule has 1 amide bonds. The third-order valence-corrected chi connectivity index (χ3v) is 3.26. The molecule has 1 aliphatic rings. The summed E-state index contributed by atoms with van der Waals surface area (Å²) < 4.78 is 1.71. The summed E-state index contributed by atoms with van der Waals surface area (Å²) in [5.74, 6) is 0.691. The number of hydrogen-bond acceptors (Lipinski definition) is 4. The summed E-state index contributed by atoms with van der Waals surface area (Å²) in [5, 5.41) is 7.16. The number of aromatic nitrogens is 2. The van der Waals surface area contributed by atoms with Crippen molar-refractivity contribution in [2.75, 3.05) is 22.5 Å². The predicted molar refractivity (Wildman–Crippen MR) is 74.4 cm³/mol. The Kier molecular flexibility index (Phi) is 2.45. The molecule has 2 aromatic rings. The Labute approximate surface area is 110 Å². The van der Waals surface area contributed by atoms with E-state index in [0.717, 1.165) is 22.9 Å². The highest BCUT2D eigenvalue weighted by molar-refractivity contribution is 6.03. The van der Waals surface area contributed by atoms with Crippen LogP contribution in [0.2, 0.25) is 0 Å². The lowest BCUT2D eigenvalue weighted by molar-refractivity contribution is -0.115. The predicted octanol–water partition coefficient (Wildman–Crippen LogP) is 1.40. The molecular weight excluding hydrogens is 242 g/mol. The van der Waals surface area contributed by atoms with E-state index < -0.39 is 0 Å². The van der Waals surface area contributed by atoms with Crippen molar-refractivity contribution in [3.8, 4) is 0 Å². The second-order valence-corrected chi connectivity index (χ2v) is 4.60. The van der Waals surface area contributed by atoms with Crippen molar-refractivity contribution in [3.05, 3.63) is 30.0 Å². The molecule has 0 radical (unpaired) electrons. The average molecular weight is 257 g/mol. The van der Waals surface area contributed by atoms with Gasteiger partial charge < -0.3 is 16.0 Å². The van der Waals surface area contributed by atoms with Crippen LogP contribution in [0.5, 0.6) is 0 Å². The van der Waals surface area contributed by atoms with Crippen molar-refractivity contribution >= 4 is 28.8 Å². The Morgan fingerprint density at radius 1 is 1.37 bits per heavy atom. The number of carbonyl (C=O) groups is 1. The maximum atomic E-state index is 11.8. The van der Waals surface area contributed by atoms with Crippen LogP contribution in [0.4, 0.5) is 22.9 Å². The molecule has 0 atom stereocenters. The molecule has 0 unspecified atom stereocenters. The molecule has 3 rings (SSSR count). The van der Waals surface area contributed by atoms with Gasteiger partial charge >= 0.3 is 0 Å². The molecule has 0 spiro atoms. The van der Waals surface area contributed by atoms with Crippen LogP contribution in [0.1, 0.15) is 5.69 Å². The second kappa shape index (κ2) is 4.01. The third-order valence-electron chi connectivity index (χ3n) is 3.26. The van der Waals surface area contributed by atoms with Gasteiger partial charge in [-0.2, -0.15) is 5.10 Å². The van der Waals surface area contributed by atoms with Crippen LogP contribution in [-0.4, -0.2) is 22.2 Å². The van der Waals surface area contributed by atoms with Gasteiger partial charge in [-0.15, -0.1) is 0 Å². The van der Waals surface area contributed by atoms with Gasteiger partial charge in [-0.1, -0.05) is 12.1 Å². The van der Waals surface area contributed by atoms with Crippen LogP contribution < -0.4 is 16.0 Å². The first kappa shape index (κ1) is 11.6. The Morgan fingerprint density at radius 2 is 2.11 bits per heavy atom. The summed E-state index contributed by atoms with van der Waals surface area (Å²) in [6, 6.07) is 7.65. The average Bonchev–Trinajstić information content (AvgIpc) is 2.62. The van der Waals surface area contributed by atoms with Gasteiger partial charge in [0.05, 0.1) is 22.8 Å². The molecule has 0 aliphatic carbocycles. The minimum atomic E-state index is -0.0584. The molecule has 19 heavy (non-hydrogen) atoms. The number of rotatable bonds is 1. The van der Waals surface area contributed by atoms with E-state index in [2.05, 4.69) is 10.4 Å². The zero-order valence-corrected chi connectivity index (χ0v) is 10.8. The Morgan fingerprint density at radius 3 is 2.79 bits per heavy atom. The maximum absolute atomic E-state index is 11.8. The Bertz CT molecular complexity index is 661. The van der Waals surface area contributed by atoms with E-state index in [-0.39, 0.29) is 12.5 Å². The molecule has 0 saturated carbocycles. The molecule has 1 aliphatic heterocycles. The number of nitrogens with one attached hydrogen (secondary N) is 1. The van der Waals surface area contributed by atoms with Crippen LogP contribution in [-0.2, 0) is 11.8 Å². The van der Waals surface area contributed by atoms with Gasteiger partial charge in [0.15, 0.2) is 5.82 Å². The van der Waals surface area contributed by atoms with E-state index in [9.17, 15) is 4.79 Å². The van der Waals surface area contributed by atoms with E-state index in [1.165, 1.54) is 0 Å². The van der Waals surface area contributed by atoms with Crippen molar-refractivity contribution < 1.29 is 4.79 Å². The molecule has 6 nitrogen and oxygen atoms in total. The Balaban J connectivity index is 2.18. The highest BCUT2D eigenvalue weighted by Gasteiger charge is 2.27. The summed E-state index contributed by atoms with van der Waals surface area (Å²) in [7, 11) is 1.83. The zero-order valence-electron chi connectivity index (χ0n) is 10.8. The van der Waals surface area contributed by atoms with E-state index in [1.54, 1.807) is 4.68 Å². The van der Waals surface area contributed by atoms with Crippen LogP contribution >= 0.6 is 0 Å². The van der Waals surface area contributed by atoms with Crippen LogP contribution in [0.3, 0.4) is 0 Å². The van der Waals surface area contributed by atoms with Gasteiger partial charge in [0.1, 0.15) is 6.54 Å². The molecule has 3 N–H and O–H groups in total. The number of nitrogen functional groups attached to an aromatic ring is 1. The first-order valence-electron chi connectivity index (χ1n) is 6.03. The van der Waals surface area contributed by atoms with Gasteiger partial charge in [0.25, 0.3) is 0 Å². The maximum Gasteiger partial charge on any atom is 0.244 e. The fraction of sp³-hybridized carbons (Fsp3) is 0.231. The molecule has 0 saturated heterocycles. The summed E-state index contributed by atoms with van der Waals surface area (Å²) in [5.41, 5.74) is 9.17. The van der Waals surface area contributed by atoms with Gasteiger partial charge in [0, 0.05) is 7.05 Å². The van der Waals surface area contributed by atoms with Gasteiger partial charge in [-0.05, 0) is 19.1 Å². The highest BCUT2D eigenvalue weighted by Crippen LogP contribution is 2.37. The van der Waals surface area contributed by atoms with Crippen molar-refractivity contribution in [1.82, 2.24) is 9.78 Å². The molecule has 0 fully saturated rings. The molecule has 1 aromatic carbocycles. The summed E-state index contributed by atoms with van der Waals surface area (Å²) in [6.45, 7) is 2.09. The quantitative estimate of drug-likeness (QED) is 0.809. The molecule has 0 bridgehead atoms. The molecule has 6 heteroatoms. The second-order valence-electron chi connectivity index (χ2n) is 4.60. The summed E-state index contributed by atoms with van der Waals surface area (Å²) >= 11 is 0. The minimum absolute atomic E-state index is 0.0584. The monoisotopic (exact) mass is 257 g/mol. The smallest absolute Gasteiger partial charge is 0.244 e. The van der Waals surface area contributed by atoms with Crippen molar-refractivity contribution in [2.45, 2.75) is 6.92 Å². The normalized spacial score (nSPS) is 14.2. The number of carbonyl (C=O) groups excluding carboxylic acids is 1. The molecule has 1 aromatic heterocycles. The fourth-order valence-corrected chi connectivity index (χ4v) is 2.40. The number of benzene rings is 1. The minimum Gasteiger partial charge on any atom is -0.394 e. The molecule has 2 heterocycles. The molecular formula is C13H15N5O. The number of amides is 1. The van der Waals surface area contributed by atoms with E-state index in [1.807, 2.05) is 43.1 Å². The van der Waals surface area contributed by atoms with Crippen molar-refractivity contribution in [2.24, 2.45) is 7.05 Å². The van der Waals surface area contributed by atoms with Crippen molar-refractivity contribution in [1.29, 1.82) is 0 Å². The van der Waals surface area contributed by atoms with E-state index >= 15 is 0 Å². The van der Waals surface area contributed by atoms with E-state index in [4.69, 9.17) is 5.73 Å². The van der Waals surface area contributed by atoms with Gasteiger partial charge in [0.2, 0.25) is 5.91 Å². The van der Waals surface area contributed by atoms with E-state index in [0.29, 0.717) is 5.69 Å². The standard InChI is InChI=1S/C13H15N5O/c1-8-12(14)13(17(2)16-8)18-7-11(19)15-9-5-3-4-6-10(9)18/h3-6H,7,14H2,1-2H3,(H,15,19). The number of anilines is 4. The van der Waals surface area contributed by atoms with Crippen LogP contribution in [0, 0.1) is 6.92 Å². The van der Waals surface area contributed by atoms with Crippen LogP contribution in [0.25, 0.3) is 0 Å². The largest absolute Gasteiger partial charge is 0.394 e. The number of para-hydroxylation sites is 2. The fourth-order valence-electron chi connectivity index (χ4n) is 2.40. The first-order valence-corrected chi connectivity index (χ1v) is 6.03. The molecule has 98 valence electrons. The van der Waals surface area contributed by atoms with Gasteiger partial charge in [-0.25, -0.2) is 0 Å². The first-order chi connectivity index (χ1) is 9.08.